The zero-order valence-electron chi connectivity index (χ0n) is 22.4. The molecule has 184 valence electrons. The van der Waals surface area contributed by atoms with Gasteiger partial charge >= 0.3 is 0 Å². The summed E-state index contributed by atoms with van der Waals surface area (Å²) in [5.74, 6) is 2.39. The van der Waals surface area contributed by atoms with Crippen molar-refractivity contribution in [2.45, 2.75) is 79.1 Å². The SMILES string of the molecule is C=C/C=C1/CCC2C(CCC3(C)C2CCC3(C)C(=C)CCc2ccc(NC)cc2)C1(C)/C=C\C. The smallest absolute Gasteiger partial charge is 0.0337 e. The van der Waals surface area contributed by atoms with Crippen LogP contribution in [0.15, 0.2) is 72.9 Å². The lowest BCUT2D eigenvalue weighted by molar-refractivity contribution is -0.0515. The third kappa shape index (κ3) is 3.94. The van der Waals surface area contributed by atoms with Crippen LogP contribution in [0.25, 0.3) is 0 Å². The Balaban J connectivity index is 1.53. The van der Waals surface area contributed by atoms with Crippen LogP contribution in [0, 0.1) is 34.0 Å². The van der Waals surface area contributed by atoms with E-state index in [1.807, 2.05) is 13.1 Å². The van der Waals surface area contributed by atoms with E-state index in [9.17, 15) is 0 Å². The minimum atomic E-state index is 0.183. The van der Waals surface area contributed by atoms with Crippen LogP contribution in [0.3, 0.4) is 0 Å². The first-order valence-corrected chi connectivity index (χ1v) is 13.6. The lowest BCUT2D eigenvalue weighted by Crippen LogP contribution is -2.51. The number of anilines is 1. The summed E-state index contributed by atoms with van der Waals surface area (Å²) < 4.78 is 0. The Kier molecular flexibility index (Phi) is 7.05. The molecule has 1 nitrogen and oxygen atoms in total. The van der Waals surface area contributed by atoms with Crippen molar-refractivity contribution in [2.75, 3.05) is 12.4 Å². The predicted molar refractivity (Wildman–Crippen MR) is 149 cm³/mol. The standard InChI is InChI=1S/C33H47N/c1-8-10-26-15-18-28-29(31(26,4)21-9-2)19-23-33(6)30(28)20-22-32(33,5)24(3)11-12-25-13-16-27(34-7)17-14-25/h8-10,13-14,16-17,21,28-30,34H,1,3,11-12,15,18-20,22-23H2,2,4-7H3/b21-9-,26-10-. The van der Waals surface area contributed by atoms with Crippen molar-refractivity contribution in [3.63, 3.8) is 0 Å². The molecule has 0 spiro atoms. The maximum atomic E-state index is 4.75. The first-order chi connectivity index (χ1) is 16.2. The van der Waals surface area contributed by atoms with E-state index >= 15 is 0 Å². The predicted octanol–water partition coefficient (Wildman–Crippen LogP) is 9.15. The van der Waals surface area contributed by atoms with Gasteiger partial charge in [-0.25, -0.2) is 0 Å². The molecule has 6 unspecified atom stereocenters. The van der Waals surface area contributed by atoms with Gasteiger partial charge in [-0.15, -0.1) is 0 Å². The molecule has 1 aromatic rings. The topological polar surface area (TPSA) is 12.0 Å². The van der Waals surface area contributed by atoms with Crippen LogP contribution in [0.5, 0.6) is 0 Å². The van der Waals surface area contributed by atoms with Crippen molar-refractivity contribution in [3.05, 3.63) is 78.4 Å². The van der Waals surface area contributed by atoms with Gasteiger partial charge in [-0.3, -0.25) is 0 Å². The lowest BCUT2D eigenvalue weighted by atomic mass is 9.46. The lowest BCUT2D eigenvalue weighted by Gasteiger charge is -2.59. The van der Waals surface area contributed by atoms with E-state index in [0.717, 1.165) is 30.6 Å². The van der Waals surface area contributed by atoms with Gasteiger partial charge in [0.15, 0.2) is 0 Å². The van der Waals surface area contributed by atoms with Crippen molar-refractivity contribution < 1.29 is 0 Å². The number of nitrogens with one attached hydrogen (secondary N) is 1. The number of rotatable bonds is 7. The minimum Gasteiger partial charge on any atom is -0.388 e. The molecule has 0 bridgehead atoms. The fourth-order valence-corrected chi connectivity index (χ4v) is 8.50. The molecule has 0 radical (unpaired) electrons. The highest BCUT2D eigenvalue weighted by atomic mass is 14.8. The first kappa shape index (κ1) is 25.1. The molecule has 3 aliphatic carbocycles. The monoisotopic (exact) mass is 457 g/mol. The molecule has 1 N–H and O–H groups in total. The van der Waals surface area contributed by atoms with E-state index in [4.69, 9.17) is 6.58 Å². The van der Waals surface area contributed by atoms with E-state index in [1.54, 1.807) is 5.57 Å². The average Bonchev–Trinajstić information content (AvgIpc) is 3.12. The van der Waals surface area contributed by atoms with Gasteiger partial charge in [-0.2, -0.15) is 0 Å². The van der Waals surface area contributed by atoms with E-state index in [1.165, 1.54) is 55.3 Å². The molecule has 3 aliphatic rings. The molecular formula is C33H47N. The summed E-state index contributed by atoms with van der Waals surface area (Å²) in [7, 11) is 1.98. The van der Waals surface area contributed by atoms with Crippen LogP contribution < -0.4 is 5.32 Å². The third-order valence-electron chi connectivity index (χ3n) is 10.8. The number of aryl methyl sites for hydroxylation is 1. The Hall–Kier alpha value is -2.02. The molecule has 0 aliphatic heterocycles. The second-order valence-electron chi connectivity index (χ2n) is 12.0. The van der Waals surface area contributed by atoms with Gasteiger partial charge in [0.2, 0.25) is 0 Å². The van der Waals surface area contributed by atoms with Crippen molar-refractivity contribution in [1.29, 1.82) is 0 Å². The first-order valence-electron chi connectivity index (χ1n) is 13.6. The number of fused-ring (bicyclic) bond motifs is 3. The fourth-order valence-electron chi connectivity index (χ4n) is 8.50. The summed E-state index contributed by atoms with van der Waals surface area (Å²) in [4.78, 5) is 0. The number of allylic oxidation sites excluding steroid dienone is 6. The van der Waals surface area contributed by atoms with E-state index in [0.29, 0.717) is 5.41 Å². The highest BCUT2D eigenvalue weighted by molar-refractivity contribution is 5.44. The summed E-state index contributed by atoms with van der Waals surface area (Å²) in [5.41, 5.74) is 6.50. The van der Waals surface area contributed by atoms with E-state index in [-0.39, 0.29) is 10.8 Å². The number of benzene rings is 1. The minimum absolute atomic E-state index is 0.183. The normalized spacial score (nSPS) is 38.5. The maximum absolute atomic E-state index is 4.75. The van der Waals surface area contributed by atoms with Crippen LogP contribution in [-0.2, 0) is 6.42 Å². The van der Waals surface area contributed by atoms with Crippen LogP contribution in [-0.4, -0.2) is 7.05 Å². The molecule has 0 amide bonds. The molecule has 34 heavy (non-hydrogen) atoms. The van der Waals surface area contributed by atoms with Gasteiger partial charge in [-0.05, 0) is 105 Å². The van der Waals surface area contributed by atoms with Crippen molar-refractivity contribution in [3.8, 4) is 0 Å². The molecule has 3 saturated carbocycles. The molecule has 1 heteroatoms. The van der Waals surface area contributed by atoms with Gasteiger partial charge in [-0.1, -0.05) is 81.5 Å². The Bertz CT molecular complexity index is 965. The summed E-state index contributed by atoms with van der Waals surface area (Å²) in [6, 6.07) is 8.91. The van der Waals surface area contributed by atoms with Gasteiger partial charge < -0.3 is 5.32 Å². The Labute approximate surface area is 209 Å². The molecular weight excluding hydrogens is 410 g/mol. The van der Waals surface area contributed by atoms with Crippen LogP contribution >= 0.6 is 0 Å². The van der Waals surface area contributed by atoms with Crippen LogP contribution in [0.2, 0.25) is 0 Å². The molecule has 0 heterocycles. The molecule has 6 atom stereocenters. The third-order valence-corrected chi connectivity index (χ3v) is 10.8. The molecule has 3 fully saturated rings. The largest absolute Gasteiger partial charge is 0.388 e. The Morgan fingerprint density at radius 2 is 1.76 bits per heavy atom. The second kappa shape index (κ2) is 9.56. The Morgan fingerprint density at radius 1 is 1.06 bits per heavy atom. The fraction of sp³-hybridized carbons (Fsp3) is 0.576. The second-order valence-corrected chi connectivity index (χ2v) is 12.0. The van der Waals surface area contributed by atoms with E-state index < -0.39 is 0 Å². The van der Waals surface area contributed by atoms with Gasteiger partial charge in [0, 0.05) is 18.2 Å². The van der Waals surface area contributed by atoms with Crippen LogP contribution in [0.1, 0.15) is 78.2 Å². The number of hydrogen-bond acceptors (Lipinski definition) is 1. The van der Waals surface area contributed by atoms with Crippen molar-refractivity contribution in [1.82, 2.24) is 0 Å². The van der Waals surface area contributed by atoms with Gasteiger partial charge in [0.25, 0.3) is 0 Å². The van der Waals surface area contributed by atoms with Crippen molar-refractivity contribution >= 4 is 5.69 Å². The average molecular weight is 458 g/mol. The summed E-state index contributed by atoms with van der Waals surface area (Å²) in [6.45, 7) is 18.7. The summed E-state index contributed by atoms with van der Waals surface area (Å²) >= 11 is 0. The summed E-state index contributed by atoms with van der Waals surface area (Å²) in [6.07, 6.45) is 19.2. The quantitative estimate of drug-likeness (QED) is 0.402. The molecule has 0 saturated heterocycles. The highest BCUT2D eigenvalue weighted by Crippen LogP contribution is 2.70. The summed E-state index contributed by atoms with van der Waals surface area (Å²) in [5, 5.41) is 3.22. The molecule has 0 aromatic heterocycles. The maximum Gasteiger partial charge on any atom is 0.0337 e. The number of hydrogen-bond donors (Lipinski definition) is 1. The van der Waals surface area contributed by atoms with Crippen molar-refractivity contribution in [2.24, 2.45) is 34.0 Å². The Morgan fingerprint density at radius 3 is 2.41 bits per heavy atom. The molecule has 4 rings (SSSR count). The van der Waals surface area contributed by atoms with Gasteiger partial charge in [0.1, 0.15) is 0 Å². The van der Waals surface area contributed by atoms with E-state index in [2.05, 4.69) is 82.1 Å². The zero-order chi connectivity index (χ0) is 24.6. The zero-order valence-corrected chi connectivity index (χ0v) is 22.4. The molecule has 1 aromatic carbocycles. The van der Waals surface area contributed by atoms with Gasteiger partial charge in [0.05, 0.1) is 0 Å². The highest BCUT2D eigenvalue weighted by Gasteiger charge is 2.62. The van der Waals surface area contributed by atoms with Crippen LogP contribution in [0.4, 0.5) is 5.69 Å².